The van der Waals surface area contributed by atoms with Gasteiger partial charge in [-0.3, -0.25) is 14.4 Å². The van der Waals surface area contributed by atoms with Gasteiger partial charge < -0.3 is 15.7 Å². The van der Waals surface area contributed by atoms with E-state index in [1.165, 1.54) is 4.90 Å². The number of rotatable bonds is 8. The van der Waals surface area contributed by atoms with E-state index in [1.807, 2.05) is 30.3 Å². The van der Waals surface area contributed by atoms with Crippen molar-refractivity contribution < 1.29 is 19.5 Å². The van der Waals surface area contributed by atoms with Crippen molar-refractivity contribution in [3.05, 3.63) is 35.9 Å². The largest absolute Gasteiger partial charge is 0.481 e. The first-order valence-electron chi connectivity index (χ1n) is 6.31. The van der Waals surface area contributed by atoms with Crippen LogP contribution in [0.15, 0.2) is 30.3 Å². The Kier molecular flexibility index (Phi) is 6.22. The van der Waals surface area contributed by atoms with E-state index in [1.54, 1.807) is 0 Å². The Hall–Kier alpha value is -2.37. The minimum absolute atomic E-state index is 0.0612. The van der Waals surface area contributed by atoms with E-state index in [9.17, 15) is 14.4 Å². The first-order valence-corrected chi connectivity index (χ1v) is 6.31. The molecule has 0 atom stereocenters. The number of nitrogens with two attached hydrogens (primary N) is 1. The zero-order chi connectivity index (χ0) is 15.0. The number of benzene rings is 1. The van der Waals surface area contributed by atoms with E-state index >= 15 is 0 Å². The number of hydrogen-bond donors (Lipinski definition) is 2. The number of aliphatic carboxylic acids is 1. The molecule has 1 aromatic carbocycles. The summed E-state index contributed by atoms with van der Waals surface area (Å²) in [6, 6.07) is 9.29. The molecule has 0 fully saturated rings. The summed E-state index contributed by atoms with van der Waals surface area (Å²) in [6.07, 6.45) is -0.243. The molecule has 0 aliphatic rings. The summed E-state index contributed by atoms with van der Waals surface area (Å²) in [6.45, 7) is 0.537. The molecule has 2 amide bonds. The average Bonchev–Trinajstić information content (AvgIpc) is 2.41. The van der Waals surface area contributed by atoms with E-state index in [0.29, 0.717) is 6.54 Å². The third-order valence-electron chi connectivity index (χ3n) is 2.75. The van der Waals surface area contributed by atoms with Gasteiger partial charge in [0.15, 0.2) is 0 Å². The Labute approximate surface area is 117 Å². The molecule has 0 spiro atoms. The minimum atomic E-state index is -1.02. The number of carboxylic acids is 1. The van der Waals surface area contributed by atoms with Crippen LogP contribution >= 0.6 is 0 Å². The highest BCUT2D eigenvalue weighted by Gasteiger charge is 2.15. The average molecular weight is 278 g/mol. The van der Waals surface area contributed by atoms with Gasteiger partial charge in [0.1, 0.15) is 0 Å². The Morgan fingerprint density at radius 3 is 2.25 bits per heavy atom. The second-order valence-electron chi connectivity index (χ2n) is 4.41. The predicted octanol–water partition coefficient (Wildman–Crippen LogP) is 0.755. The van der Waals surface area contributed by atoms with Gasteiger partial charge in [-0.15, -0.1) is 0 Å². The molecule has 0 aromatic heterocycles. The molecule has 0 saturated heterocycles. The van der Waals surface area contributed by atoms with Gasteiger partial charge in [-0.05, 0) is 5.56 Å². The number of carbonyl (C=O) groups is 3. The fourth-order valence-corrected chi connectivity index (χ4v) is 1.71. The Bertz CT molecular complexity index is 473. The maximum Gasteiger partial charge on any atom is 0.303 e. The highest BCUT2D eigenvalue weighted by Crippen LogP contribution is 2.08. The van der Waals surface area contributed by atoms with Crippen molar-refractivity contribution in [1.82, 2.24) is 4.90 Å². The molecule has 0 radical (unpaired) electrons. The van der Waals surface area contributed by atoms with Crippen molar-refractivity contribution in [1.29, 1.82) is 0 Å². The summed E-state index contributed by atoms with van der Waals surface area (Å²) in [5.74, 6) is -1.81. The number of primary amides is 1. The van der Waals surface area contributed by atoms with Crippen LogP contribution in [0.2, 0.25) is 0 Å². The molecule has 0 unspecified atom stereocenters. The van der Waals surface area contributed by atoms with Crippen LogP contribution in [0.4, 0.5) is 0 Å². The van der Waals surface area contributed by atoms with Crippen LogP contribution in [0.5, 0.6) is 0 Å². The van der Waals surface area contributed by atoms with Crippen molar-refractivity contribution in [3.8, 4) is 0 Å². The highest BCUT2D eigenvalue weighted by atomic mass is 16.4. The first kappa shape index (κ1) is 15.7. The van der Waals surface area contributed by atoms with Crippen molar-refractivity contribution in [3.63, 3.8) is 0 Å². The summed E-state index contributed by atoms with van der Waals surface area (Å²) >= 11 is 0. The topological polar surface area (TPSA) is 101 Å². The van der Waals surface area contributed by atoms with Gasteiger partial charge in [0.25, 0.3) is 0 Å². The molecule has 6 nitrogen and oxygen atoms in total. The van der Waals surface area contributed by atoms with E-state index in [4.69, 9.17) is 10.8 Å². The monoisotopic (exact) mass is 278 g/mol. The van der Waals surface area contributed by atoms with Crippen LogP contribution < -0.4 is 5.73 Å². The van der Waals surface area contributed by atoms with E-state index in [0.717, 1.165) is 5.56 Å². The number of nitrogens with zero attached hydrogens (tertiary/aromatic N) is 1. The lowest BCUT2D eigenvalue weighted by atomic mass is 10.2. The molecule has 1 aromatic rings. The Morgan fingerprint density at radius 1 is 1.05 bits per heavy atom. The molecule has 6 heteroatoms. The van der Waals surface area contributed by atoms with E-state index < -0.39 is 11.9 Å². The molecular weight excluding hydrogens is 260 g/mol. The molecule has 0 heterocycles. The third kappa shape index (κ3) is 5.99. The number of carboxylic acid groups (broad SMARTS) is 1. The summed E-state index contributed by atoms with van der Waals surface area (Å²) in [4.78, 5) is 34.8. The molecule has 20 heavy (non-hydrogen) atoms. The van der Waals surface area contributed by atoms with Crippen molar-refractivity contribution in [2.75, 3.05) is 6.54 Å². The van der Waals surface area contributed by atoms with Crippen LogP contribution in [-0.2, 0) is 20.9 Å². The number of carbonyl (C=O) groups excluding carboxylic acids is 2. The van der Waals surface area contributed by atoms with Gasteiger partial charge >= 0.3 is 5.97 Å². The van der Waals surface area contributed by atoms with Crippen LogP contribution in [0.25, 0.3) is 0 Å². The lowest BCUT2D eigenvalue weighted by molar-refractivity contribution is -0.141. The van der Waals surface area contributed by atoms with Gasteiger partial charge in [0.05, 0.1) is 6.42 Å². The molecule has 0 aliphatic carbocycles. The van der Waals surface area contributed by atoms with Crippen LogP contribution in [0, 0.1) is 0 Å². The summed E-state index contributed by atoms with van der Waals surface area (Å²) in [5.41, 5.74) is 6.00. The highest BCUT2D eigenvalue weighted by molar-refractivity contribution is 5.81. The van der Waals surface area contributed by atoms with Gasteiger partial charge in [-0.2, -0.15) is 0 Å². The molecular formula is C14H18N2O4. The fourth-order valence-electron chi connectivity index (χ4n) is 1.71. The third-order valence-corrected chi connectivity index (χ3v) is 2.75. The van der Waals surface area contributed by atoms with Gasteiger partial charge in [0, 0.05) is 25.9 Å². The summed E-state index contributed by atoms with van der Waals surface area (Å²) in [5, 5.41) is 8.61. The second-order valence-corrected chi connectivity index (χ2v) is 4.41. The van der Waals surface area contributed by atoms with Gasteiger partial charge in [-0.25, -0.2) is 0 Å². The minimum Gasteiger partial charge on any atom is -0.481 e. The molecule has 1 rings (SSSR count). The maximum absolute atomic E-state index is 12.0. The zero-order valence-corrected chi connectivity index (χ0v) is 11.1. The van der Waals surface area contributed by atoms with Crippen LogP contribution in [-0.4, -0.2) is 34.3 Å². The zero-order valence-electron chi connectivity index (χ0n) is 11.1. The lowest BCUT2D eigenvalue weighted by Gasteiger charge is -2.22. The van der Waals surface area contributed by atoms with Crippen LogP contribution in [0.1, 0.15) is 24.8 Å². The van der Waals surface area contributed by atoms with Crippen molar-refractivity contribution in [2.24, 2.45) is 5.73 Å². The molecule has 0 bridgehead atoms. The first-order chi connectivity index (χ1) is 9.49. The van der Waals surface area contributed by atoms with Crippen molar-refractivity contribution in [2.45, 2.75) is 25.8 Å². The summed E-state index contributed by atoms with van der Waals surface area (Å²) < 4.78 is 0. The van der Waals surface area contributed by atoms with Gasteiger partial charge in [0.2, 0.25) is 11.8 Å². The molecule has 108 valence electrons. The summed E-state index contributed by atoms with van der Waals surface area (Å²) in [7, 11) is 0. The maximum atomic E-state index is 12.0. The molecule has 0 aliphatic heterocycles. The number of amides is 2. The quantitative estimate of drug-likeness (QED) is 0.732. The Morgan fingerprint density at radius 2 is 1.70 bits per heavy atom. The SMILES string of the molecule is NC(=O)CCN(Cc1ccccc1)C(=O)CCC(=O)O. The molecule has 3 N–H and O–H groups in total. The molecule has 0 saturated carbocycles. The van der Waals surface area contributed by atoms with Gasteiger partial charge in [-0.1, -0.05) is 30.3 Å². The lowest BCUT2D eigenvalue weighted by Crippen LogP contribution is -2.33. The normalized spacial score (nSPS) is 10.0. The standard InChI is InChI=1S/C14H18N2O4/c15-12(17)8-9-16(13(18)6-7-14(19)20)10-11-4-2-1-3-5-11/h1-5H,6-10H2,(H2,15,17)(H,19,20). The fraction of sp³-hybridized carbons (Fsp3) is 0.357. The number of hydrogen-bond acceptors (Lipinski definition) is 3. The predicted molar refractivity (Wildman–Crippen MR) is 72.5 cm³/mol. The Balaban J connectivity index is 2.66. The van der Waals surface area contributed by atoms with Crippen molar-refractivity contribution >= 4 is 17.8 Å². The smallest absolute Gasteiger partial charge is 0.303 e. The van der Waals surface area contributed by atoms with E-state index in [2.05, 4.69) is 0 Å². The van der Waals surface area contributed by atoms with Crippen LogP contribution in [0.3, 0.4) is 0 Å². The van der Waals surface area contributed by atoms with E-state index in [-0.39, 0.29) is 31.7 Å². The second kappa shape index (κ2) is 7.93.